The molecule has 0 spiro atoms. The lowest BCUT2D eigenvalue weighted by molar-refractivity contribution is -0.138. The topological polar surface area (TPSA) is 29.3 Å². The normalized spacial score (nSPS) is 15.6. The van der Waals surface area contributed by atoms with Crippen LogP contribution in [0.5, 0.6) is 0 Å². The summed E-state index contributed by atoms with van der Waals surface area (Å²) in [5.74, 6) is 0. The molecule has 0 amide bonds. The molecule has 1 rings (SSSR count). The number of hydrogen-bond donors (Lipinski definition) is 1. The number of benzene rings is 1. The molecule has 2 atom stereocenters. The molecule has 0 saturated heterocycles. The first-order valence-electron chi connectivity index (χ1n) is 6.30. The molecule has 5 heteroatoms. The van der Waals surface area contributed by atoms with Gasteiger partial charge in [-0.3, -0.25) is 4.90 Å². The van der Waals surface area contributed by atoms with Crippen LogP contribution in [0.4, 0.5) is 13.2 Å². The monoisotopic (exact) mass is 274 g/mol. The molecular weight excluding hydrogens is 253 g/mol. The smallest absolute Gasteiger partial charge is 0.326 e. The number of hydrogen-bond acceptors (Lipinski definition) is 2. The lowest BCUT2D eigenvalue weighted by Gasteiger charge is -2.31. The number of nitrogens with two attached hydrogens (primary N) is 1. The van der Waals surface area contributed by atoms with Crippen LogP contribution in [0, 0.1) is 6.92 Å². The zero-order chi connectivity index (χ0) is 14.6. The first kappa shape index (κ1) is 16.0. The molecule has 0 bridgehead atoms. The third-order valence-corrected chi connectivity index (χ3v) is 3.14. The molecule has 2 N–H and O–H groups in total. The van der Waals surface area contributed by atoms with E-state index in [-0.39, 0.29) is 18.6 Å². The predicted molar refractivity (Wildman–Crippen MR) is 70.9 cm³/mol. The van der Waals surface area contributed by atoms with Crippen LogP contribution < -0.4 is 5.73 Å². The van der Waals surface area contributed by atoms with E-state index in [1.165, 1.54) is 0 Å². The first-order chi connectivity index (χ1) is 8.70. The average molecular weight is 274 g/mol. The lowest BCUT2D eigenvalue weighted by atomic mass is 9.98. The molecule has 1 aromatic carbocycles. The Bertz CT molecular complexity index is 385. The van der Waals surface area contributed by atoms with Gasteiger partial charge in [-0.2, -0.15) is 13.2 Å². The van der Waals surface area contributed by atoms with Crippen molar-refractivity contribution in [1.82, 2.24) is 4.90 Å². The Morgan fingerprint density at radius 1 is 1.21 bits per heavy atom. The minimum absolute atomic E-state index is 0.0520. The van der Waals surface area contributed by atoms with Gasteiger partial charge in [0.15, 0.2) is 0 Å². The molecule has 2 unspecified atom stereocenters. The van der Waals surface area contributed by atoms with E-state index in [1.54, 1.807) is 11.9 Å². The molecular formula is C14H21F3N2. The van der Waals surface area contributed by atoms with Crippen molar-refractivity contribution in [3.63, 3.8) is 0 Å². The van der Waals surface area contributed by atoms with Gasteiger partial charge in [0.1, 0.15) is 0 Å². The highest BCUT2D eigenvalue weighted by atomic mass is 19.4. The molecule has 0 aromatic heterocycles. The van der Waals surface area contributed by atoms with Gasteiger partial charge in [-0.05, 0) is 26.5 Å². The molecule has 0 aliphatic rings. The summed E-state index contributed by atoms with van der Waals surface area (Å²) in [5, 5.41) is 0. The van der Waals surface area contributed by atoms with Crippen LogP contribution in [-0.4, -0.2) is 30.7 Å². The Hall–Kier alpha value is -1.07. The number of rotatable bonds is 5. The van der Waals surface area contributed by atoms with Crippen LogP contribution in [0.2, 0.25) is 0 Å². The van der Waals surface area contributed by atoms with Crippen LogP contribution >= 0.6 is 0 Å². The second-order valence-electron chi connectivity index (χ2n) is 5.06. The van der Waals surface area contributed by atoms with E-state index < -0.39 is 12.6 Å². The Morgan fingerprint density at radius 3 is 2.16 bits per heavy atom. The minimum atomic E-state index is -4.13. The highest BCUT2D eigenvalue weighted by Crippen LogP contribution is 2.26. The summed E-state index contributed by atoms with van der Waals surface area (Å²) < 4.78 is 36.8. The van der Waals surface area contributed by atoms with Crippen molar-refractivity contribution >= 4 is 0 Å². The van der Waals surface area contributed by atoms with Gasteiger partial charge in [-0.1, -0.05) is 29.8 Å². The van der Waals surface area contributed by atoms with E-state index in [9.17, 15) is 13.2 Å². The predicted octanol–water partition coefficient (Wildman–Crippen LogP) is 3.27. The van der Waals surface area contributed by atoms with E-state index in [2.05, 4.69) is 0 Å². The van der Waals surface area contributed by atoms with E-state index in [0.717, 1.165) is 11.1 Å². The van der Waals surface area contributed by atoms with Crippen molar-refractivity contribution in [1.29, 1.82) is 0 Å². The van der Waals surface area contributed by atoms with Crippen LogP contribution in [0.1, 0.15) is 30.5 Å². The third kappa shape index (κ3) is 5.20. The quantitative estimate of drug-likeness (QED) is 0.893. The second-order valence-corrected chi connectivity index (χ2v) is 5.06. The maximum absolute atomic E-state index is 12.3. The fraction of sp³-hybridized carbons (Fsp3) is 0.571. The molecule has 0 radical (unpaired) electrons. The minimum Gasteiger partial charge on any atom is -0.326 e. The second kappa shape index (κ2) is 6.39. The molecule has 2 nitrogen and oxygen atoms in total. The SMILES string of the molecule is Cc1ccc(C(C(C)N)N(C)CCC(F)(F)F)cc1. The van der Waals surface area contributed by atoms with Crippen LogP contribution in [0.25, 0.3) is 0 Å². The van der Waals surface area contributed by atoms with Gasteiger partial charge < -0.3 is 5.73 Å². The van der Waals surface area contributed by atoms with Gasteiger partial charge in [-0.25, -0.2) is 0 Å². The largest absolute Gasteiger partial charge is 0.390 e. The highest BCUT2D eigenvalue weighted by Gasteiger charge is 2.29. The van der Waals surface area contributed by atoms with Crippen molar-refractivity contribution in [3.8, 4) is 0 Å². The molecule has 1 aromatic rings. The van der Waals surface area contributed by atoms with Crippen molar-refractivity contribution < 1.29 is 13.2 Å². The molecule has 0 heterocycles. The summed E-state index contributed by atoms with van der Waals surface area (Å²) in [6, 6.07) is 7.30. The fourth-order valence-corrected chi connectivity index (χ4v) is 2.17. The van der Waals surface area contributed by atoms with Gasteiger partial charge in [0.2, 0.25) is 0 Å². The number of aryl methyl sites for hydroxylation is 1. The van der Waals surface area contributed by atoms with Crippen molar-refractivity contribution in [2.45, 2.75) is 38.5 Å². The first-order valence-corrected chi connectivity index (χ1v) is 6.30. The maximum atomic E-state index is 12.3. The number of nitrogens with zero attached hydrogens (tertiary/aromatic N) is 1. The summed E-state index contributed by atoms with van der Waals surface area (Å²) >= 11 is 0. The molecule has 0 saturated carbocycles. The Morgan fingerprint density at radius 2 is 1.74 bits per heavy atom. The molecule has 0 fully saturated rings. The van der Waals surface area contributed by atoms with E-state index in [4.69, 9.17) is 5.73 Å². The zero-order valence-electron chi connectivity index (χ0n) is 11.5. The highest BCUT2D eigenvalue weighted by molar-refractivity contribution is 5.25. The van der Waals surface area contributed by atoms with Crippen LogP contribution in [0.15, 0.2) is 24.3 Å². The van der Waals surface area contributed by atoms with Gasteiger partial charge >= 0.3 is 6.18 Å². The third-order valence-electron chi connectivity index (χ3n) is 3.14. The van der Waals surface area contributed by atoms with E-state index in [0.29, 0.717) is 0 Å². The zero-order valence-corrected chi connectivity index (χ0v) is 11.5. The Kier molecular flexibility index (Phi) is 5.38. The number of likely N-dealkylation sites (N-methyl/N-ethyl adjacent to an activating group) is 1. The average Bonchev–Trinajstić information content (AvgIpc) is 2.28. The van der Waals surface area contributed by atoms with Crippen molar-refractivity contribution in [3.05, 3.63) is 35.4 Å². The fourth-order valence-electron chi connectivity index (χ4n) is 2.17. The van der Waals surface area contributed by atoms with Crippen LogP contribution in [0.3, 0.4) is 0 Å². The van der Waals surface area contributed by atoms with Crippen molar-refractivity contribution in [2.24, 2.45) is 5.73 Å². The van der Waals surface area contributed by atoms with Crippen molar-refractivity contribution in [2.75, 3.05) is 13.6 Å². The summed E-state index contributed by atoms with van der Waals surface area (Å²) in [4.78, 5) is 1.67. The standard InChI is InChI=1S/C14H21F3N2/c1-10-4-6-12(7-5-10)13(11(2)18)19(3)9-8-14(15,16)17/h4-7,11,13H,8-9,18H2,1-3H3. The van der Waals surface area contributed by atoms with Gasteiger partial charge in [0, 0.05) is 18.6 Å². The molecule has 0 aliphatic heterocycles. The number of halogens is 3. The summed E-state index contributed by atoms with van der Waals surface area (Å²) in [6.45, 7) is 3.73. The molecule has 19 heavy (non-hydrogen) atoms. The Labute approximate surface area is 112 Å². The molecule has 108 valence electrons. The summed E-state index contributed by atoms with van der Waals surface area (Å²) in [5.41, 5.74) is 7.99. The van der Waals surface area contributed by atoms with E-state index >= 15 is 0 Å². The van der Waals surface area contributed by atoms with E-state index in [1.807, 2.05) is 38.1 Å². The summed E-state index contributed by atoms with van der Waals surface area (Å²) in [7, 11) is 1.68. The van der Waals surface area contributed by atoms with Gasteiger partial charge in [-0.15, -0.1) is 0 Å². The number of alkyl halides is 3. The van der Waals surface area contributed by atoms with Crippen LogP contribution in [-0.2, 0) is 0 Å². The molecule has 0 aliphatic carbocycles. The van der Waals surface area contributed by atoms with Gasteiger partial charge in [0.05, 0.1) is 6.42 Å². The lowest BCUT2D eigenvalue weighted by Crippen LogP contribution is -2.38. The Balaban J connectivity index is 2.80. The maximum Gasteiger partial charge on any atom is 0.390 e. The van der Waals surface area contributed by atoms with Gasteiger partial charge in [0.25, 0.3) is 0 Å². The summed E-state index contributed by atoms with van der Waals surface area (Å²) in [6.07, 6.45) is -4.96.